The highest BCUT2D eigenvalue weighted by molar-refractivity contribution is 5.93. The topological polar surface area (TPSA) is 86.6 Å². The largest absolute Gasteiger partial charge is 0.374 e. The van der Waals surface area contributed by atoms with Crippen molar-refractivity contribution >= 4 is 34.7 Å². The molecule has 2 aliphatic heterocycles. The number of nitrogens with one attached hydrogen (secondary N) is 1. The number of hydrogen-bond donors (Lipinski definition) is 1. The standard InChI is InChI=1S/C28H37N7O2/c1-21-6-7-27(31-30-21)34-15-8-22(9-16-34)18-33-14-10-23(19-33)35-17-11-24-25(4-3-5-26(24)35)32(2)13-12-28(37)29-20-36/h3-7,11,17,20,22-23H,8-10,12-16,18-19H2,1-2H3,(H,29,36,37). The molecule has 9 heteroatoms. The summed E-state index contributed by atoms with van der Waals surface area (Å²) in [6.45, 7) is 8.01. The summed E-state index contributed by atoms with van der Waals surface area (Å²) in [4.78, 5) is 29.3. The van der Waals surface area contributed by atoms with Gasteiger partial charge < -0.3 is 19.3 Å². The van der Waals surface area contributed by atoms with Crippen molar-refractivity contribution < 1.29 is 9.59 Å². The summed E-state index contributed by atoms with van der Waals surface area (Å²) < 4.78 is 2.43. The van der Waals surface area contributed by atoms with Crippen LogP contribution in [0, 0.1) is 12.8 Å². The van der Waals surface area contributed by atoms with E-state index in [1.54, 1.807) is 0 Å². The number of amides is 2. The average Bonchev–Trinajstić information content (AvgIpc) is 3.55. The van der Waals surface area contributed by atoms with Gasteiger partial charge in [-0.2, -0.15) is 5.10 Å². The normalized spacial score (nSPS) is 18.9. The Balaban J connectivity index is 1.16. The van der Waals surface area contributed by atoms with Crippen LogP contribution in [0.2, 0.25) is 0 Å². The third-order valence-electron chi connectivity index (χ3n) is 7.93. The van der Waals surface area contributed by atoms with E-state index in [9.17, 15) is 9.59 Å². The monoisotopic (exact) mass is 503 g/mol. The summed E-state index contributed by atoms with van der Waals surface area (Å²) in [7, 11) is 1.99. The smallest absolute Gasteiger partial charge is 0.228 e. The van der Waals surface area contributed by atoms with Crippen LogP contribution in [0.3, 0.4) is 0 Å². The van der Waals surface area contributed by atoms with Crippen molar-refractivity contribution in [2.45, 2.75) is 38.6 Å². The van der Waals surface area contributed by atoms with Gasteiger partial charge in [0.1, 0.15) is 0 Å². The molecule has 0 bridgehead atoms. The molecule has 3 aromatic rings. The molecule has 37 heavy (non-hydrogen) atoms. The number of aromatic nitrogens is 3. The van der Waals surface area contributed by atoms with E-state index in [1.165, 1.54) is 30.3 Å². The second-order valence-corrected chi connectivity index (χ2v) is 10.5. The van der Waals surface area contributed by atoms with E-state index in [1.807, 2.05) is 20.0 Å². The molecule has 1 aromatic carbocycles. The van der Waals surface area contributed by atoms with Gasteiger partial charge in [-0.3, -0.25) is 14.9 Å². The van der Waals surface area contributed by atoms with Gasteiger partial charge in [0, 0.05) is 76.0 Å². The average molecular weight is 504 g/mol. The summed E-state index contributed by atoms with van der Waals surface area (Å²) in [5, 5.41) is 12.0. The van der Waals surface area contributed by atoms with E-state index in [-0.39, 0.29) is 12.3 Å². The van der Waals surface area contributed by atoms with E-state index in [2.05, 4.69) is 71.3 Å². The lowest BCUT2D eigenvalue weighted by molar-refractivity contribution is -0.125. The molecule has 196 valence electrons. The fourth-order valence-electron chi connectivity index (χ4n) is 5.83. The number of hydrogen-bond acceptors (Lipinski definition) is 7. The van der Waals surface area contributed by atoms with Gasteiger partial charge in [-0.05, 0) is 62.4 Å². The summed E-state index contributed by atoms with van der Waals surface area (Å²) in [6.07, 6.45) is 6.50. The highest BCUT2D eigenvalue weighted by atomic mass is 16.2. The van der Waals surface area contributed by atoms with E-state index in [0.29, 0.717) is 19.0 Å². The molecular formula is C28H37N7O2. The Morgan fingerprint density at radius 3 is 2.70 bits per heavy atom. The minimum atomic E-state index is -0.257. The van der Waals surface area contributed by atoms with E-state index in [4.69, 9.17) is 0 Å². The summed E-state index contributed by atoms with van der Waals surface area (Å²) in [5.74, 6) is 1.47. The van der Waals surface area contributed by atoms with Crippen molar-refractivity contribution in [2.75, 3.05) is 56.1 Å². The molecular weight excluding hydrogens is 466 g/mol. The Kier molecular flexibility index (Phi) is 7.69. The zero-order chi connectivity index (χ0) is 25.8. The predicted octanol–water partition coefficient (Wildman–Crippen LogP) is 3.00. The van der Waals surface area contributed by atoms with Crippen LogP contribution in [0.5, 0.6) is 0 Å². The van der Waals surface area contributed by atoms with Gasteiger partial charge in [0.2, 0.25) is 12.3 Å². The van der Waals surface area contributed by atoms with Crippen LogP contribution in [-0.2, 0) is 9.59 Å². The lowest BCUT2D eigenvalue weighted by Gasteiger charge is -2.34. The van der Waals surface area contributed by atoms with Gasteiger partial charge in [-0.25, -0.2) is 0 Å². The summed E-state index contributed by atoms with van der Waals surface area (Å²) >= 11 is 0. The molecule has 1 unspecified atom stereocenters. The molecule has 4 heterocycles. The molecule has 2 amide bonds. The molecule has 0 spiro atoms. The number of aryl methyl sites for hydroxylation is 1. The number of likely N-dealkylation sites (tertiary alicyclic amines) is 1. The molecule has 0 aliphatic carbocycles. The SMILES string of the molecule is Cc1ccc(N2CCC(CN3CCC(n4ccc5c(N(C)CCC(=O)NC=O)cccc54)C3)CC2)nn1. The van der Waals surface area contributed by atoms with Crippen LogP contribution in [-0.4, -0.2) is 78.3 Å². The second-order valence-electron chi connectivity index (χ2n) is 10.5. The third kappa shape index (κ3) is 5.77. The van der Waals surface area contributed by atoms with Gasteiger partial charge in [-0.1, -0.05) is 6.07 Å². The Morgan fingerprint density at radius 1 is 1.11 bits per heavy atom. The third-order valence-corrected chi connectivity index (χ3v) is 7.93. The maximum atomic E-state index is 11.7. The Labute approximate surface area is 218 Å². The van der Waals surface area contributed by atoms with Crippen molar-refractivity contribution in [3.05, 3.63) is 48.3 Å². The number of carbonyl (C=O) groups excluding carboxylic acids is 2. The number of piperidine rings is 1. The van der Waals surface area contributed by atoms with Crippen LogP contribution < -0.4 is 15.1 Å². The van der Waals surface area contributed by atoms with Crippen LogP contribution >= 0.6 is 0 Å². The Hall–Kier alpha value is -3.46. The van der Waals surface area contributed by atoms with E-state index >= 15 is 0 Å². The lowest BCUT2D eigenvalue weighted by Crippen LogP contribution is -2.38. The highest BCUT2D eigenvalue weighted by Gasteiger charge is 2.28. The summed E-state index contributed by atoms with van der Waals surface area (Å²) in [5.41, 5.74) is 3.30. The van der Waals surface area contributed by atoms with Gasteiger partial charge in [0.15, 0.2) is 5.82 Å². The van der Waals surface area contributed by atoms with Crippen molar-refractivity contribution in [1.82, 2.24) is 25.0 Å². The van der Waals surface area contributed by atoms with Gasteiger partial charge >= 0.3 is 0 Å². The van der Waals surface area contributed by atoms with Crippen LogP contribution in [0.1, 0.15) is 37.4 Å². The first kappa shape index (κ1) is 25.2. The van der Waals surface area contributed by atoms with Crippen LogP contribution in [0.4, 0.5) is 11.5 Å². The summed E-state index contributed by atoms with van der Waals surface area (Å²) in [6, 6.07) is 13.2. The molecule has 2 aromatic heterocycles. The number of imide groups is 1. The van der Waals surface area contributed by atoms with Crippen molar-refractivity contribution in [2.24, 2.45) is 5.92 Å². The Bertz CT molecular complexity index is 1220. The highest BCUT2D eigenvalue weighted by Crippen LogP contribution is 2.33. The zero-order valence-electron chi connectivity index (χ0n) is 21.8. The molecule has 2 fully saturated rings. The van der Waals surface area contributed by atoms with Crippen molar-refractivity contribution in [1.29, 1.82) is 0 Å². The number of carbonyl (C=O) groups is 2. The number of nitrogens with zero attached hydrogens (tertiary/aromatic N) is 6. The molecule has 9 nitrogen and oxygen atoms in total. The van der Waals surface area contributed by atoms with Crippen molar-refractivity contribution in [3.63, 3.8) is 0 Å². The fourth-order valence-corrected chi connectivity index (χ4v) is 5.83. The second kappa shape index (κ2) is 11.3. The molecule has 0 radical (unpaired) electrons. The fraction of sp³-hybridized carbons (Fsp3) is 0.500. The molecule has 2 aliphatic rings. The molecule has 1 atom stereocenters. The zero-order valence-corrected chi connectivity index (χ0v) is 21.8. The minimum absolute atomic E-state index is 0.257. The van der Waals surface area contributed by atoms with Gasteiger partial charge in [0.05, 0.1) is 11.2 Å². The predicted molar refractivity (Wildman–Crippen MR) is 146 cm³/mol. The van der Waals surface area contributed by atoms with E-state index < -0.39 is 0 Å². The van der Waals surface area contributed by atoms with Crippen molar-refractivity contribution in [3.8, 4) is 0 Å². The lowest BCUT2D eigenvalue weighted by atomic mass is 9.96. The van der Waals surface area contributed by atoms with Crippen LogP contribution in [0.15, 0.2) is 42.6 Å². The van der Waals surface area contributed by atoms with Gasteiger partial charge in [-0.15, -0.1) is 5.10 Å². The maximum Gasteiger partial charge on any atom is 0.228 e. The first-order valence-electron chi connectivity index (χ1n) is 13.3. The van der Waals surface area contributed by atoms with E-state index in [0.717, 1.165) is 55.7 Å². The number of benzene rings is 1. The molecule has 5 rings (SSSR count). The number of anilines is 2. The molecule has 0 saturated carbocycles. The number of rotatable bonds is 9. The molecule has 2 saturated heterocycles. The first-order valence-corrected chi connectivity index (χ1v) is 13.3. The molecule has 1 N–H and O–H groups in total. The van der Waals surface area contributed by atoms with Gasteiger partial charge in [0.25, 0.3) is 0 Å². The quantitative estimate of drug-likeness (QED) is 0.449. The number of fused-ring (bicyclic) bond motifs is 1. The maximum absolute atomic E-state index is 11.7. The Morgan fingerprint density at radius 2 is 1.95 bits per heavy atom. The van der Waals surface area contributed by atoms with Crippen LogP contribution in [0.25, 0.3) is 10.9 Å². The minimum Gasteiger partial charge on any atom is -0.374 e. The first-order chi connectivity index (χ1) is 18.0.